The Bertz CT molecular complexity index is 446. The molecule has 0 aliphatic carbocycles. The second kappa shape index (κ2) is 3.46. The largest absolute Gasteiger partial charge is 0.288 e. The number of benzene rings is 1. The van der Waals surface area contributed by atoms with Crippen molar-refractivity contribution >= 4 is 5.78 Å². The molecule has 0 aliphatic rings. The lowest BCUT2D eigenvalue weighted by atomic mass is 10.0. The molecule has 0 bridgehead atoms. The van der Waals surface area contributed by atoms with E-state index in [0.29, 0.717) is 11.1 Å². The fourth-order valence-corrected chi connectivity index (χ4v) is 1.33. The Morgan fingerprint density at radius 2 is 2.21 bits per heavy atom. The van der Waals surface area contributed by atoms with Crippen molar-refractivity contribution in [2.75, 3.05) is 0 Å². The van der Waals surface area contributed by atoms with Gasteiger partial charge in [-0.25, -0.2) is 0 Å². The van der Waals surface area contributed by atoms with E-state index in [2.05, 4.69) is 10.2 Å². The quantitative estimate of drug-likeness (QED) is 0.728. The number of rotatable bonds is 2. The van der Waals surface area contributed by atoms with E-state index < -0.39 is 0 Å². The molecule has 1 aromatic carbocycles. The van der Waals surface area contributed by atoms with E-state index in [0.717, 1.165) is 5.56 Å². The second-order valence-corrected chi connectivity index (χ2v) is 3.19. The van der Waals surface area contributed by atoms with Gasteiger partial charge in [-0.05, 0) is 13.0 Å². The molecule has 0 saturated heterocycles. The van der Waals surface area contributed by atoms with Crippen molar-refractivity contribution < 1.29 is 4.79 Å². The zero-order chi connectivity index (χ0) is 9.97. The van der Waals surface area contributed by atoms with Crippen LogP contribution >= 0.6 is 0 Å². The first kappa shape index (κ1) is 8.69. The summed E-state index contributed by atoms with van der Waals surface area (Å²) in [5, 5.41) is 6.37. The maximum absolute atomic E-state index is 11.8. The van der Waals surface area contributed by atoms with Crippen molar-refractivity contribution in [1.29, 1.82) is 0 Å². The van der Waals surface area contributed by atoms with Crippen LogP contribution < -0.4 is 0 Å². The molecule has 0 atom stereocenters. The number of H-pyrrole nitrogens is 1. The Morgan fingerprint density at radius 3 is 2.86 bits per heavy atom. The van der Waals surface area contributed by atoms with Crippen molar-refractivity contribution in [3.63, 3.8) is 0 Å². The number of nitrogens with one attached hydrogen (secondary N) is 1. The number of hydrogen-bond acceptors (Lipinski definition) is 2. The van der Waals surface area contributed by atoms with Gasteiger partial charge in [-0.3, -0.25) is 9.89 Å². The predicted octanol–water partition coefficient (Wildman–Crippen LogP) is 1.95. The summed E-state index contributed by atoms with van der Waals surface area (Å²) in [5.74, 6) is 0.00227. The number of aryl methyl sites for hydroxylation is 1. The van der Waals surface area contributed by atoms with Crippen LogP contribution in [0.4, 0.5) is 0 Å². The third-order valence-electron chi connectivity index (χ3n) is 2.04. The van der Waals surface area contributed by atoms with Gasteiger partial charge in [0, 0.05) is 11.8 Å². The highest BCUT2D eigenvalue weighted by atomic mass is 16.1. The number of hydrogen-bond donors (Lipinski definition) is 1. The molecular weight excluding hydrogens is 176 g/mol. The van der Waals surface area contributed by atoms with Crippen LogP contribution in [-0.2, 0) is 0 Å². The molecule has 1 heterocycles. The summed E-state index contributed by atoms with van der Waals surface area (Å²) in [4.78, 5) is 11.8. The number of ketones is 1. The molecule has 0 fully saturated rings. The van der Waals surface area contributed by atoms with Gasteiger partial charge >= 0.3 is 0 Å². The molecule has 1 N–H and O–H groups in total. The summed E-state index contributed by atoms with van der Waals surface area (Å²) < 4.78 is 0. The van der Waals surface area contributed by atoms with Gasteiger partial charge < -0.3 is 0 Å². The van der Waals surface area contributed by atoms with Gasteiger partial charge in [-0.15, -0.1) is 0 Å². The van der Waals surface area contributed by atoms with Gasteiger partial charge in [-0.2, -0.15) is 5.10 Å². The van der Waals surface area contributed by atoms with Gasteiger partial charge in [0.1, 0.15) is 0 Å². The van der Waals surface area contributed by atoms with Crippen LogP contribution in [0.2, 0.25) is 0 Å². The van der Waals surface area contributed by atoms with E-state index in [9.17, 15) is 4.79 Å². The topological polar surface area (TPSA) is 45.8 Å². The minimum atomic E-state index is 0.00227. The Kier molecular flexibility index (Phi) is 2.14. The number of nitrogens with zero attached hydrogens (tertiary/aromatic N) is 1. The second-order valence-electron chi connectivity index (χ2n) is 3.19. The lowest BCUT2D eigenvalue weighted by Gasteiger charge is -1.98. The summed E-state index contributed by atoms with van der Waals surface area (Å²) in [6, 6.07) is 7.52. The first-order valence-electron chi connectivity index (χ1n) is 4.37. The third kappa shape index (κ3) is 1.57. The van der Waals surface area contributed by atoms with Crippen molar-refractivity contribution in [3.8, 4) is 0 Å². The van der Waals surface area contributed by atoms with Gasteiger partial charge in [0.25, 0.3) is 0 Å². The average Bonchev–Trinajstić information content (AvgIpc) is 2.69. The predicted molar refractivity (Wildman–Crippen MR) is 53.2 cm³/mol. The molecule has 0 unspecified atom stereocenters. The van der Waals surface area contributed by atoms with Crippen LogP contribution in [0, 0.1) is 6.92 Å². The molecule has 0 saturated carbocycles. The highest BCUT2D eigenvalue weighted by Gasteiger charge is 2.09. The summed E-state index contributed by atoms with van der Waals surface area (Å²) >= 11 is 0. The standard InChI is InChI=1S/C11H10N2O/c1-8-3-2-4-9(5-8)11(14)10-6-12-13-7-10/h2-7H,1H3,(H,12,13). The SMILES string of the molecule is Cc1cccc(C(=O)c2cn[nH]c2)c1. The van der Waals surface area contributed by atoms with Gasteiger partial charge in [0.05, 0.1) is 11.8 Å². The number of carbonyl (C=O) groups excluding carboxylic acids is 1. The van der Waals surface area contributed by atoms with Crippen LogP contribution in [0.15, 0.2) is 36.7 Å². The van der Waals surface area contributed by atoms with Gasteiger partial charge in [0.2, 0.25) is 0 Å². The zero-order valence-electron chi connectivity index (χ0n) is 7.82. The van der Waals surface area contributed by atoms with Crippen LogP contribution in [0.3, 0.4) is 0 Å². The highest BCUT2D eigenvalue weighted by Crippen LogP contribution is 2.09. The lowest BCUT2D eigenvalue weighted by molar-refractivity contribution is 0.103. The van der Waals surface area contributed by atoms with Crippen LogP contribution in [-0.4, -0.2) is 16.0 Å². The van der Waals surface area contributed by atoms with Crippen molar-refractivity contribution in [2.45, 2.75) is 6.92 Å². The number of aromatic amines is 1. The average molecular weight is 186 g/mol. The molecule has 70 valence electrons. The van der Waals surface area contributed by atoms with Crippen LogP contribution in [0.25, 0.3) is 0 Å². The monoisotopic (exact) mass is 186 g/mol. The van der Waals surface area contributed by atoms with E-state index in [1.807, 2.05) is 31.2 Å². The molecule has 2 aromatic rings. The molecule has 0 aliphatic heterocycles. The minimum Gasteiger partial charge on any atom is -0.288 e. The number of aromatic nitrogens is 2. The van der Waals surface area contributed by atoms with Crippen LogP contribution in [0.1, 0.15) is 21.5 Å². The highest BCUT2D eigenvalue weighted by molar-refractivity contribution is 6.08. The van der Waals surface area contributed by atoms with E-state index in [4.69, 9.17) is 0 Å². The van der Waals surface area contributed by atoms with Crippen LogP contribution in [0.5, 0.6) is 0 Å². The van der Waals surface area contributed by atoms with Crippen molar-refractivity contribution in [2.24, 2.45) is 0 Å². The van der Waals surface area contributed by atoms with Crippen molar-refractivity contribution in [1.82, 2.24) is 10.2 Å². The Balaban J connectivity index is 2.37. The summed E-state index contributed by atoms with van der Waals surface area (Å²) in [7, 11) is 0. The van der Waals surface area contributed by atoms with E-state index >= 15 is 0 Å². The minimum absolute atomic E-state index is 0.00227. The Hall–Kier alpha value is -1.90. The third-order valence-corrected chi connectivity index (χ3v) is 2.04. The first-order valence-corrected chi connectivity index (χ1v) is 4.37. The normalized spacial score (nSPS) is 10.1. The summed E-state index contributed by atoms with van der Waals surface area (Å²) in [6.07, 6.45) is 3.13. The smallest absolute Gasteiger partial charge is 0.196 e. The fraction of sp³-hybridized carbons (Fsp3) is 0.0909. The van der Waals surface area contributed by atoms with Crippen molar-refractivity contribution in [3.05, 3.63) is 53.3 Å². The molecule has 3 heteroatoms. The zero-order valence-corrected chi connectivity index (χ0v) is 7.82. The molecule has 0 spiro atoms. The molecule has 0 amide bonds. The van der Waals surface area contributed by atoms with Gasteiger partial charge in [0.15, 0.2) is 5.78 Å². The maximum atomic E-state index is 11.8. The summed E-state index contributed by atoms with van der Waals surface area (Å²) in [5.41, 5.74) is 2.38. The molecular formula is C11H10N2O. The maximum Gasteiger partial charge on any atom is 0.196 e. The Morgan fingerprint density at radius 1 is 1.36 bits per heavy atom. The Labute approximate surface area is 81.8 Å². The molecule has 2 rings (SSSR count). The van der Waals surface area contributed by atoms with E-state index in [1.54, 1.807) is 6.20 Å². The fourth-order valence-electron chi connectivity index (χ4n) is 1.33. The first-order chi connectivity index (χ1) is 6.77. The molecule has 3 nitrogen and oxygen atoms in total. The molecule has 14 heavy (non-hydrogen) atoms. The molecule has 0 radical (unpaired) electrons. The molecule has 1 aromatic heterocycles. The summed E-state index contributed by atoms with van der Waals surface area (Å²) in [6.45, 7) is 1.96. The number of carbonyl (C=O) groups is 1. The van der Waals surface area contributed by atoms with E-state index in [1.165, 1.54) is 6.20 Å². The van der Waals surface area contributed by atoms with E-state index in [-0.39, 0.29) is 5.78 Å². The lowest BCUT2D eigenvalue weighted by Crippen LogP contribution is -1.99. The van der Waals surface area contributed by atoms with Gasteiger partial charge in [-0.1, -0.05) is 23.8 Å².